The highest BCUT2D eigenvalue weighted by molar-refractivity contribution is 7.98. The lowest BCUT2D eigenvalue weighted by atomic mass is 10.3. The molecule has 0 aliphatic carbocycles. The number of furan rings is 1. The zero-order chi connectivity index (χ0) is 18.1. The third-order valence-corrected chi connectivity index (χ3v) is 4.42. The van der Waals surface area contributed by atoms with E-state index in [2.05, 4.69) is 15.6 Å². The number of alkyl halides is 3. The van der Waals surface area contributed by atoms with Crippen LogP contribution in [0.25, 0.3) is 0 Å². The lowest BCUT2D eigenvalue weighted by molar-refractivity contribution is -0.143. The largest absolute Gasteiger partial charge is 0.469 e. The maximum atomic E-state index is 12.5. The molecule has 0 radical (unpaired) electrons. The zero-order valence-electron chi connectivity index (χ0n) is 14.3. The van der Waals surface area contributed by atoms with E-state index in [0.29, 0.717) is 38.6 Å². The van der Waals surface area contributed by atoms with Gasteiger partial charge in [-0.25, -0.2) is 0 Å². The Morgan fingerprint density at radius 1 is 1.48 bits per heavy atom. The van der Waals surface area contributed by atoms with Gasteiger partial charge in [0.15, 0.2) is 5.96 Å². The highest BCUT2D eigenvalue weighted by Gasteiger charge is 2.34. The van der Waals surface area contributed by atoms with E-state index in [1.165, 1.54) is 4.90 Å². The Labute approximate surface area is 150 Å². The molecule has 0 spiro atoms. The van der Waals surface area contributed by atoms with E-state index in [9.17, 15) is 13.2 Å². The fourth-order valence-corrected chi connectivity index (χ4v) is 2.98. The van der Waals surface area contributed by atoms with Gasteiger partial charge in [0.25, 0.3) is 0 Å². The van der Waals surface area contributed by atoms with Gasteiger partial charge in [-0.05, 0) is 24.8 Å². The maximum absolute atomic E-state index is 12.5. The Morgan fingerprint density at radius 2 is 2.32 bits per heavy atom. The quantitative estimate of drug-likeness (QED) is 0.413. The second-order valence-electron chi connectivity index (χ2n) is 5.96. The Kier molecular flexibility index (Phi) is 7.95. The third kappa shape index (κ3) is 8.04. The minimum atomic E-state index is -4.15. The second kappa shape index (κ2) is 9.96. The van der Waals surface area contributed by atoms with Crippen LogP contribution in [0.2, 0.25) is 0 Å². The first kappa shape index (κ1) is 20.0. The number of likely N-dealkylation sites (tertiary alicyclic amines) is 1. The number of nitrogens with zero attached hydrogens (tertiary/aromatic N) is 2. The molecule has 25 heavy (non-hydrogen) atoms. The summed E-state index contributed by atoms with van der Waals surface area (Å²) in [5.74, 6) is 2.43. The van der Waals surface area contributed by atoms with E-state index in [1.807, 2.05) is 18.4 Å². The summed E-state index contributed by atoms with van der Waals surface area (Å²) in [6.45, 7) is 1.28. The van der Waals surface area contributed by atoms with Crippen molar-refractivity contribution >= 4 is 17.7 Å². The normalized spacial score (nSPS) is 19.4. The number of guanidine groups is 1. The van der Waals surface area contributed by atoms with Crippen LogP contribution in [0.3, 0.4) is 0 Å². The molecule has 1 aromatic heterocycles. The van der Waals surface area contributed by atoms with Gasteiger partial charge in [0.2, 0.25) is 0 Å². The molecule has 1 unspecified atom stereocenters. The van der Waals surface area contributed by atoms with Crippen LogP contribution < -0.4 is 10.6 Å². The Morgan fingerprint density at radius 3 is 3.00 bits per heavy atom. The maximum Gasteiger partial charge on any atom is 0.401 e. The summed E-state index contributed by atoms with van der Waals surface area (Å²) < 4.78 is 42.8. The molecule has 1 fully saturated rings. The first-order chi connectivity index (χ1) is 12.0. The van der Waals surface area contributed by atoms with Gasteiger partial charge in [0.05, 0.1) is 19.4 Å². The molecule has 9 heteroatoms. The van der Waals surface area contributed by atoms with Crippen LogP contribution in [0.5, 0.6) is 0 Å². The molecule has 1 aliphatic heterocycles. The SMILES string of the molecule is CSCCN=C(NCCc1ccco1)NC1CCN(CC(F)(F)F)C1. The van der Waals surface area contributed by atoms with E-state index in [0.717, 1.165) is 17.9 Å². The molecule has 0 bridgehead atoms. The van der Waals surface area contributed by atoms with Gasteiger partial charge >= 0.3 is 6.18 Å². The van der Waals surface area contributed by atoms with Crippen molar-refractivity contribution in [3.05, 3.63) is 24.2 Å². The summed E-state index contributed by atoms with van der Waals surface area (Å²) in [4.78, 5) is 5.93. The van der Waals surface area contributed by atoms with E-state index >= 15 is 0 Å². The van der Waals surface area contributed by atoms with Crippen molar-refractivity contribution < 1.29 is 17.6 Å². The van der Waals surface area contributed by atoms with Crippen molar-refractivity contribution in [1.82, 2.24) is 15.5 Å². The van der Waals surface area contributed by atoms with Crippen LogP contribution in [-0.4, -0.2) is 67.8 Å². The standard InChI is InChI=1S/C16H25F3N4OS/c1-25-10-7-21-15(20-6-4-14-3-2-9-24-14)22-13-5-8-23(11-13)12-16(17,18)19/h2-3,9,13H,4-8,10-12H2,1H3,(H2,20,21,22). The third-order valence-electron chi connectivity index (χ3n) is 3.83. The van der Waals surface area contributed by atoms with Gasteiger partial charge in [0.1, 0.15) is 5.76 Å². The van der Waals surface area contributed by atoms with Crippen molar-refractivity contribution in [2.24, 2.45) is 4.99 Å². The van der Waals surface area contributed by atoms with Crippen LogP contribution in [0, 0.1) is 0 Å². The number of thioether (sulfide) groups is 1. The Balaban J connectivity index is 1.80. The van der Waals surface area contributed by atoms with Gasteiger partial charge in [-0.3, -0.25) is 9.89 Å². The van der Waals surface area contributed by atoms with Crippen LogP contribution >= 0.6 is 11.8 Å². The minimum absolute atomic E-state index is 0.0218. The van der Waals surface area contributed by atoms with Crippen molar-refractivity contribution in [3.63, 3.8) is 0 Å². The summed E-state index contributed by atoms with van der Waals surface area (Å²) >= 11 is 1.70. The first-order valence-electron chi connectivity index (χ1n) is 8.31. The molecule has 0 saturated carbocycles. The number of hydrogen-bond donors (Lipinski definition) is 2. The van der Waals surface area contributed by atoms with Gasteiger partial charge in [-0.1, -0.05) is 0 Å². The summed E-state index contributed by atoms with van der Waals surface area (Å²) in [6.07, 6.45) is 0.901. The van der Waals surface area contributed by atoms with Crippen molar-refractivity contribution in [2.75, 3.05) is 44.7 Å². The highest BCUT2D eigenvalue weighted by atomic mass is 32.2. The van der Waals surface area contributed by atoms with Gasteiger partial charge in [0, 0.05) is 37.8 Å². The minimum Gasteiger partial charge on any atom is -0.469 e. The fourth-order valence-electron chi connectivity index (χ4n) is 2.70. The average molecular weight is 378 g/mol. The second-order valence-corrected chi connectivity index (χ2v) is 6.95. The summed E-state index contributed by atoms with van der Waals surface area (Å²) in [5, 5.41) is 6.50. The zero-order valence-corrected chi connectivity index (χ0v) is 15.1. The van der Waals surface area contributed by atoms with Crippen LogP contribution in [-0.2, 0) is 6.42 Å². The number of rotatable bonds is 8. The molecule has 1 aliphatic rings. The van der Waals surface area contributed by atoms with Crippen LogP contribution in [0.15, 0.2) is 27.8 Å². The van der Waals surface area contributed by atoms with Gasteiger partial charge in [-0.2, -0.15) is 24.9 Å². The number of nitrogens with one attached hydrogen (secondary N) is 2. The molecular weight excluding hydrogens is 353 g/mol. The average Bonchev–Trinajstić information content (AvgIpc) is 3.18. The molecule has 142 valence electrons. The number of halogens is 3. The molecule has 2 heterocycles. The first-order valence-corrected chi connectivity index (χ1v) is 9.71. The molecule has 1 atom stereocenters. The highest BCUT2D eigenvalue weighted by Crippen LogP contribution is 2.19. The molecule has 2 rings (SSSR count). The summed E-state index contributed by atoms with van der Waals surface area (Å²) in [6, 6.07) is 3.73. The van der Waals surface area contributed by atoms with Gasteiger partial charge in [-0.15, -0.1) is 0 Å². The van der Waals surface area contributed by atoms with E-state index in [1.54, 1.807) is 18.0 Å². The predicted molar refractivity (Wildman–Crippen MR) is 95.1 cm³/mol. The number of hydrogen-bond acceptors (Lipinski definition) is 4. The molecular formula is C16H25F3N4OS. The smallest absolute Gasteiger partial charge is 0.401 e. The topological polar surface area (TPSA) is 52.8 Å². The van der Waals surface area contributed by atoms with Crippen LogP contribution in [0.1, 0.15) is 12.2 Å². The lowest BCUT2D eigenvalue weighted by Crippen LogP contribution is -2.45. The Hall–Kier alpha value is -1.35. The molecule has 0 amide bonds. The fraction of sp³-hybridized carbons (Fsp3) is 0.688. The summed E-state index contributed by atoms with van der Waals surface area (Å²) in [7, 11) is 0. The molecule has 1 saturated heterocycles. The summed E-state index contributed by atoms with van der Waals surface area (Å²) in [5.41, 5.74) is 0. The lowest BCUT2D eigenvalue weighted by Gasteiger charge is -2.20. The Bertz CT molecular complexity index is 522. The van der Waals surface area contributed by atoms with Crippen molar-refractivity contribution in [2.45, 2.75) is 25.1 Å². The number of aliphatic imine (C=N–C) groups is 1. The molecule has 0 aromatic carbocycles. The molecule has 5 nitrogen and oxygen atoms in total. The van der Waals surface area contributed by atoms with Crippen molar-refractivity contribution in [3.8, 4) is 0 Å². The van der Waals surface area contributed by atoms with E-state index in [-0.39, 0.29) is 6.04 Å². The van der Waals surface area contributed by atoms with E-state index in [4.69, 9.17) is 4.42 Å². The molecule has 2 N–H and O–H groups in total. The van der Waals surface area contributed by atoms with E-state index < -0.39 is 12.7 Å². The van der Waals surface area contributed by atoms with Crippen molar-refractivity contribution in [1.29, 1.82) is 0 Å². The monoisotopic (exact) mass is 378 g/mol. The van der Waals surface area contributed by atoms with Gasteiger partial charge < -0.3 is 15.1 Å². The molecule has 1 aromatic rings. The van der Waals surface area contributed by atoms with Crippen LogP contribution in [0.4, 0.5) is 13.2 Å². The predicted octanol–water partition coefficient (Wildman–Crippen LogP) is 2.36.